The van der Waals surface area contributed by atoms with E-state index in [0.717, 1.165) is 22.4 Å². The Hall–Kier alpha value is -2.57. The average Bonchev–Trinajstić information content (AvgIpc) is 2.56. The van der Waals surface area contributed by atoms with Crippen LogP contribution in [0, 0.1) is 11.8 Å². The van der Waals surface area contributed by atoms with Gasteiger partial charge in [-0.3, -0.25) is 4.79 Å². The van der Waals surface area contributed by atoms with Gasteiger partial charge in [0.2, 0.25) is 5.91 Å². The van der Waals surface area contributed by atoms with Crippen molar-refractivity contribution in [1.29, 1.82) is 0 Å². The lowest BCUT2D eigenvalue weighted by Crippen LogP contribution is -2.43. The van der Waals surface area contributed by atoms with E-state index in [2.05, 4.69) is 17.2 Å². The van der Waals surface area contributed by atoms with Crippen molar-refractivity contribution in [2.75, 3.05) is 11.9 Å². The van der Waals surface area contributed by atoms with Gasteiger partial charge in [-0.05, 0) is 44.7 Å². The summed E-state index contributed by atoms with van der Waals surface area (Å²) in [5, 5.41) is 3.21. The number of benzene rings is 2. The number of carbonyl (C=O) groups is 1. The largest absolute Gasteiger partial charge is 0.314 e. The third kappa shape index (κ3) is 3.34. The van der Waals surface area contributed by atoms with Crippen LogP contribution >= 0.6 is 0 Å². The molecule has 0 bridgehead atoms. The highest BCUT2D eigenvalue weighted by Crippen LogP contribution is 2.27. The van der Waals surface area contributed by atoms with Gasteiger partial charge in [0.05, 0.1) is 12.2 Å². The maximum atomic E-state index is 13.0. The number of hydrogen-bond donors (Lipinski definition) is 1. The first-order valence-corrected chi connectivity index (χ1v) is 8.18. The van der Waals surface area contributed by atoms with E-state index in [-0.39, 0.29) is 11.4 Å². The molecule has 0 saturated carbocycles. The molecule has 24 heavy (non-hydrogen) atoms. The molecule has 0 fully saturated rings. The number of hydrogen-bond acceptors (Lipinski definition) is 2. The molecule has 0 radical (unpaired) electrons. The minimum Gasteiger partial charge on any atom is -0.314 e. The summed E-state index contributed by atoms with van der Waals surface area (Å²) in [6.45, 7) is 4.61. The van der Waals surface area contributed by atoms with Crippen molar-refractivity contribution < 1.29 is 4.79 Å². The van der Waals surface area contributed by atoms with Crippen molar-refractivity contribution in [3.8, 4) is 11.8 Å². The quantitative estimate of drug-likeness (QED) is 0.881. The maximum absolute atomic E-state index is 13.0. The number of fused-ring (bicyclic) bond motifs is 2. The van der Waals surface area contributed by atoms with Gasteiger partial charge in [-0.15, -0.1) is 0 Å². The van der Waals surface area contributed by atoms with Crippen LogP contribution in [-0.4, -0.2) is 18.5 Å². The zero-order chi connectivity index (χ0) is 17.2. The molecule has 0 spiro atoms. The average molecular weight is 318 g/mol. The highest BCUT2D eigenvalue weighted by atomic mass is 16.2. The number of carbonyl (C=O) groups excluding carboxylic acids is 1. The van der Waals surface area contributed by atoms with Crippen molar-refractivity contribution in [2.45, 2.75) is 32.4 Å². The van der Waals surface area contributed by atoms with Gasteiger partial charge in [0.1, 0.15) is 0 Å². The van der Waals surface area contributed by atoms with Crippen LogP contribution in [0.15, 0.2) is 48.5 Å². The summed E-state index contributed by atoms with van der Waals surface area (Å²) in [6, 6.07) is 15.9. The molecular weight excluding hydrogens is 296 g/mol. The van der Waals surface area contributed by atoms with E-state index < -0.39 is 0 Å². The van der Waals surface area contributed by atoms with Crippen LogP contribution in [0.5, 0.6) is 0 Å². The molecule has 1 amide bonds. The molecule has 1 N–H and O–H groups in total. The van der Waals surface area contributed by atoms with Crippen molar-refractivity contribution in [3.63, 3.8) is 0 Å². The van der Waals surface area contributed by atoms with Crippen molar-refractivity contribution >= 4 is 11.6 Å². The van der Waals surface area contributed by atoms with Crippen LogP contribution in [0.2, 0.25) is 0 Å². The Kier molecular flexibility index (Phi) is 4.42. The molecule has 3 heteroatoms. The molecule has 0 aromatic heterocycles. The molecule has 122 valence electrons. The molecule has 0 aliphatic carbocycles. The first kappa shape index (κ1) is 16.3. The summed E-state index contributed by atoms with van der Waals surface area (Å²) in [7, 11) is 1.88. The second-order valence-corrected chi connectivity index (χ2v) is 6.71. The molecule has 0 unspecified atom stereocenters. The van der Waals surface area contributed by atoms with E-state index >= 15 is 0 Å². The van der Waals surface area contributed by atoms with Gasteiger partial charge in [0, 0.05) is 23.1 Å². The van der Waals surface area contributed by atoms with Crippen LogP contribution in [0.4, 0.5) is 5.69 Å². The first-order chi connectivity index (χ1) is 11.5. The Morgan fingerprint density at radius 2 is 1.71 bits per heavy atom. The number of para-hydroxylation sites is 1. The normalized spacial score (nSPS) is 13.0. The molecular formula is C21H22N2O. The van der Waals surface area contributed by atoms with Gasteiger partial charge in [-0.1, -0.05) is 42.2 Å². The number of nitrogens with zero attached hydrogens (tertiary/aromatic N) is 1. The highest BCUT2D eigenvalue weighted by Gasteiger charge is 2.26. The summed E-state index contributed by atoms with van der Waals surface area (Å²) in [6.07, 6.45) is 0.424. The molecule has 2 aromatic carbocycles. The fourth-order valence-electron chi connectivity index (χ4n) is 2.77. The second kappa shape index (κ2) is 6.51. The fraction of sp³-hybridized carbons (Fsp3) is 0.286. The highest BCUT2D eigenvalue weighted by molar-refractivity contribution is 5.95. The zero-order valence-electron chi connectivity index (χ0n) is 14.4. The summed E-state index contributed by atoms with van der Waals surface area (Å²) >= 11 is 0. The van der Waals surface area contributed by atoms with Crippen LogP contribution in [0.1, 0.15) is 37.0 Å². The van der Waals surface area contributed by atoms with E-state index in [1.54, 1.807) is 0 Å². The summed E-state index contributed by atoms with van der Waals surface area (Å²) in [4.78, 5) is 14.9. The molecule has 3 rings (SSSR count). The molecule has 2 aromatic rings. The maximum Gasteiger partial charge on any atom is 0.229 e. The van der Waals surface area contributed by atoms with Crippen molar-refractivity contribution in [3.05, 3.63) is 65.2 Å². The fourth-order valence-corrected chi connectivity index (χ4v) is 2.77. The van der Waals surface area contributed by atoms with Crippen molar-refractivity contribution in [1.82, 2.24) is 5.32 Å². The summed E-state index contributed by atoms with van der Waals surface area (Å²) < 4.78 is 0. The minimum absolute atomic E-state index is 0.0975. The lowest BCUT2D eigenvalue weighted by molar-refractivity contribution is -0.119. The second-order valence-electron chi connectivity index (χ2n) is 6.71. The minimum atomic E-state index is -0.250. The third-order valence-electron chi connectivity index (χ3n) is 4.44. The van der Waals surface area contributed by atoms with Crippen molar-refractivity contribution in [2.24, 2.45) is 0 Å². The smallest absolute Gasteiger partial charge is 0.229 e. The Balaban J connectivity index is 2.06. The predicted octanol–water partition coefficient (Wildman–Crippen LogP) is 3.32. The molecule has 1 aliphatic heterocycles. The van der Waals surface area contributed by atoms with Gasteiger partial charge in [0.15, 0.2) is 0 Å². The van der Waals surface area contributed by atoms with E-state index in [1.165, 1.54) is 0 Å². The van der Waals surface area contributed by atoms with Gasteiger partial charge in [0.25, 0.3) is 0 Å². The zero-order valence-corrected chi connectivity index (χ0v) is 14.4. The molecule has 0 saturated heterocycles. The Morgan fingerprint density at radius 1 is 1.08 bits per heavy atom. The lowest BCUT2D eigenvalue weighted by Gasteiger charge is -2.30. The SMILES string of the molecule is CNC(C)(C)CC(=O)N1Cc2ccccc2C#Cc2ccccc21. The van der Waals surface area contributed by atoms with E-state index in [0.29, 0.717) is 13.0 Å². The molecule has 1 aliphatic rings. The van der Waals surface area contributed by atoms with E-state index in [1.807, 2.05) is 74.3 Å². The Labute approximate surface area is 143 Å². The Bertz CT molecular complexity index is 827. The first-order valence-electron chi connectivity index (χ1n) is 8.18. The van der Waals surface area contributed by atoms with Gasteiger partial charge < -0.3 is 10.2 Å². The molecule has 0 atom stereocenters. The number of rotatable bonds is 3. The van der Waals surface area contributed by atoms with Crippen LogP contribution in [0.3, 0.4) is 0 Å². The summed E-state index contributed by atoms with van der Waals surface area (Å²) in [5.74, 6) is 6.56. The standard InChI is InChI=1S/C21H22N2O/c1-21(2,22-3)14-20(24)23-15-18-10-5-4-8-16(18)12-13-17-9-6-7-11-19(17)23/h4-11,22H,14-15H2,1-3H3. The number of anilines is 1. The molecule has 1 heterocycles. The topological polar surface area (TPSA) is 32.3 Å². The van der Waals surface area contributed by atoms with Gasteiger partial charge in [-0.25, -0.2) is 0 Å². The third-order valence-corrected chi connectivity index (χ3v) is 4.44. The van der Waals surface area contributed by atoms with Gasteiger partial charge in [-0.2, -0.15) is 0 Å². The van der Waals surface area contributed by atoms with Crippen LogP contribution in [0.25, 0.3) is 0 Å². The number of amides is 1. The summed E-state index contributed by atoms with van der Waals surface area (Å²) in [5.41, 5.74) is 3.59. The van der Waals surface area contributed by atoms with E-state index in [4.69, 9.17) is 0 Å². The number of nitrogens with one attached hydrogen (secondary N) is 1. The lowest BCUT2D eigenvalue weighted by atomic mass is 9.98. The van der Waals surface area contributed by atoms with Gasteiger partial charge >= 0.3 is 0 Å². The van der Waals surface area contributed by atoms with E-state index in [9.17, 15) is 4.79 Å². The predicted molar refractivity (Wildman–Crippen MR) is 97.8 cm³/mol. The monoisotopic (exact) mass is 318 g/mol. The van der Waals surface area contributed by atoms with Crippen LogP contribution in [-0.2, 0) is 11.3 Å². The Morgan fingerprint density at radius 3 is 2.46 bits per heavy atom. The van der Waals surface area contributed by atoms with Crippen LogP contribution < -0.4 is 10.2 Å². The molecule has 3 nitrogen and oxygen atoms in total.